The van der Waals surface area contributed by atoms with E-state index < -0.39 is 27.4 Å². The number of nitrogens with zero attached hydrogens (tertiary/aromatic N) is 1. The normalized spacial score (nSPS) is 11.4. The van der Waals surface area contributed by atoms with Crippen molar-refractivity contribution in [1.82, 2.24) is 9.29 Å². The van der Waals surface area contributed by atoms with Gasteiger partial charge in [-0.05, 0) is 69.8 Å². The fraction of sp³-hybridized carbons (Fsp3) is 0.0476. The Labute approximate surface area is 210 Å². The van der Waals surface area contributed by atoms with Crippen LogP contribution in [0.15, 0.2) is 68.2 Å². The van der Waals surface area contributed by atoms with E-state index in [1.54, 1.807) is 31.4 Å². The number of carbonyl (C=O) groups is 1. The molecule has 0 bridgehead atoms. The number of carbonyl (C=O) groups excluding carboxylic acids is 1. The van der Waals surface area contributed by atoms with Crippen LogP contribution in [0.5, 0.6) is 0 Å². The number of nitrogens with one attached hydrogen (secondary N) is 3. The Balaban J connectivity index is 1.59. The van der Waals surface area contributed by atoms with Gasteiger partial charge >= 0.3 is 6.03 Å². The van der Waals surface area contributed by atoms with Gasteiger partial charge in [-0.1, -0.05) is 11.6 Å². The number of pyridine rings is 1. The Bertz CT molecular complexity index is 1600. The molecule has 0 saturated heterocycles. The van der Waals surface area contributed by atoms with Crippen molar-refractivity contribution in [2.24, 2.45) is 0 Å². The number of anilines is 2. The molecule has 0 fully saturated rings. The third-order valence-electron chi connectivity index (χ3n) is 4.77. The molecule has 2 amide bonds. The molecule has 0 spiro atoms. The summed E-state index contributed by atoms with van der Waals surface area (Å²) in [5.41, 5.74) is 0.561. The Hall–Kier alpha value is -2.93. The predicted molar refractivity (Wildman–Crippen MR) is 135 cm³/mol. The number of thiophene rings is 1. The molecule has 4 aromatic rings. The number of urea groups is 1. The molecule has 2 aromatic carbocycles. The van der Waals surface area contributed by atoms with Crippen molar-refractivity contribution in [3.05, 3.63) is 79.7 Å². The fourth-order valence-electron chi connectivity index (χ4n) is 3.20. The second kappa shape index (κ2) is 9.37. The second-order valence-corrected chi connectivity index (χ2v) is 11.4. The van der Waals surface area contributed by atoms with Crippen LogP contribution in [0.1, 0.15) is 0 Å². The number of aromatic nitrogens is 1. The van der Waals surface area contributed by atoms with Crippen molar-refractivity contribution in [3.8, 4) is 5.69 Å². The predicted octanol–water partition coefficient (Wildman–Crippen LogP) is 5.16. The summed E-state index contributed by atoms with van der Waals surface area (Å²) >= 11 is 9.94. The molecule has 0 saturated carbocycles. The largest absolute Gasteiger partial charge is 0.386 e. The molecular weight excluding hydrogens is 571 g/mol. The fourth-order valence-corrected chi connectivity index (χ4v) is 6.16. The topological polar surface area (TPSA) is 109 Å². The van der Waals surface area contributed by atoms with Gasteiger partial charge in [0.25, 0.3) is 15.6 Å². The molecule has 0 aliphatic rings. The molecule has 2 aromatic heterocycles. The summed E-state index contributed by atoms with van der Waals surface area (Å²) in [6, 6.07) is 10.7. The molecule has 34 heavy (non-hydrogen) atoms. The smallest absolute Gasteiger partial charge is 0.333 e. The van der Waals surface area contributed by atoms with Crippen LogP contribution in [0.3, 0.4) is 0 Å². The number of fused-ring (bicyclic) bond motifs is 1. The summed E-state index contributed by atoms with van der Waals surface area (Å²) < 4.78 is 42.6. The zero-order valence-corrected chi connectivity index (χ0v) is 21.2. The lowest BCUT2D eigenvalue weighted by Gasteiger charge is -2.13. The zero-order valence-electron chi connectivity index (χ0n) is 17.2. The molecule has 4 rings (SSSR count). The van der Waals surface area contributed by atoms with E-state index in [1.807, 2.05) is 4.72 Å². The monoisotopic (exact) mass is 584 g/mol. The minimum atomic E-state index is -4.08. The molecule has 0 radical (unpaired) electrons. The van der Waals surface area contributed by atoms with Crippen LogP contribution in [0, 0.1) is 5.82 Å². The first-order valence-corrected chi connectivity index (χ1v) is 13.0. The highest BCUT2D eigenvalue weighted by atomic mass is 79.9. The first-order valence-electron chi connectivity index (χ1n) is 9.51. The number of halogens is 3. The Kier molecular flexibility index (Phi) is 6.67. The molecular formula is C21H15BrClFN4O4S2. The maximum atomic E-state index is 14.2. The van der Waals surface area contributed by atoms with Crippen LogP contribution >= 0.6 is 38.9 Å². The van der Waals surface area contributed by atoms with E-state index in [-0.39, 0.29) is 25.3 Å². The molecule has 0 aliphatic carbocycles. The van der Waals surface area contributed by atoms with Gasteiger partial charge in [0.2, 0.25) is 0 Å². The maximum absolute atomic E-state index is 14.2. The molecule has 3 N–H and O–H groups in total. The average Bonchev–Trinajstić information content (AvgIpc) is 3.22. The van der Waals surface area contributed by atoms with Gasteiger partial charge in [-0.15, -0.1) is 11.3 Å². The van der Waals surface area contributed by atoms with Crippen LogP contribution < -0.4 is 20.9 Å². The molecule has 8 nitrogen and oxygen atoms in total. The minimum absolute atomic E-state index is 0.0990. The van der Waals surface area contributed by atoms with Crippen LogP contribution in [0.25, 0.3) is 16.5 Å². The van der Waals surface area contributed by atoms with Crippen LogP contribution in [0.2, 0.25) is 4.34 Å². The highest BCUT2D eigenvalue weighted by molar-refractivity contribution is 9.10. The highest BCUT2D eigenvalue weighted by Gasteiger charge is 2.20. The van der Waals surface area contributed by atoms with Crippen LogP contribution in [-0.4, -0.2) is 26.1 Å². The SMILES string of the molecule is CNc1cc2ccn(-c3ccc(NC(=O)NS(=O)(=O)c4ccc(Cl)s4)cc3Br)c(=O)c2cc1F. The van der Waals surface area contributed by atoms with E-state index in [2.05, 4.69) is 26.6 Å². The van der Waals surface area contributed by atoms with E-state index >= 15 is 0 Å². The van der Waals surface area contributed by atoms with Gasteiger partial charge < -0.3 is 10.6 Å². The molecule has 2 heterocycles. The van der Waals surface area contributed by atoms with Crippen LogP contribution in [-0.2, 0) is 10.0 Å². The van der Waals surface area contributed by atoms with Gasteiger partial charge in [-0.2, -0.15) is 0 Å². The van der Waals surface area contributed by atoms with Gasteiger partial charge in [-0.3, -0.25) is 9.36 Å². The van der Waals surface area contributed by atoms with Crippen molar-refractivity contribution in [2.75, 3.05) is 17.7 Å². The Morgan fingerprint density at radius 2 is 1.91 bits per heavy atom. The number of hydrogen-bond donors (Lipinski definition) is 3. The average molecular weight is 586 g/mol. The van der Waals surface area contributed by atoms with E-state index in [4.69, 9.17) is 11.6 Å². The minimum Gasteiger partial charge on any atom is -0.386 e. The van der Waals surface area contributed by atoms with Crippen molar-refractivity contribution >= 4 is 77.1 Å². The first kappa shape index (κ1) is 24.2. The van der Waals surface area contributed by atoms with E-state index in [0.717, 1.165) is 11.3 Å². The van der Waals surface area contributed by atoms with Crippen LogP contribution in [0.4, 0.5) is 20.6 Å². The summed E-state index contributed by atoms with van der Waals surface area (Å²) in [5, 5.41) is 5.94. The maximum Gasteiger partial charge on any atom is 0.333 e. The van der Waals surface area contributed by atoms with Crippen molar-refractivity contribution in [3.63, 3.8) is 0 Å². The lowest BCUT2D eigenvalue weighted by molar-refractivity contribution is 0.256. The second-order valence-electron chi connectivity index (χ2n) is 6.94. The van der Waals surface area contributed by atoms with Gasteiger partial charge in [0.1, 0.15) is 10.0 Å². The highest BCUT2D eigenvalue weighted by Crippen LogP contribution is 2.27. The Morgan fingerprint density at radius 1 is 1.15 bits per heavy atom. The van der Waals surface area contributed by atoms with Crippen molar-refractivity contribution in [2.45, 2.75) is 4.21 Å². The first-order chi connectivity index (χ1) is 16.1. The summed E-state index contributed by atoms with van der Waals surface area (Å²) in [4.78, 5) is 25.2. The number of rotatable bonds is 5. The number of benzene rings is 2. The molecule has 176 valence electrons. The third-order valence-corrected chi connectivity index (χ3v) is 8.46. The summed E-state index contributed by atoms with van der Waals surface area (Å²) in [6.07, 6.45) is 1.56. The Morgan fingerprint density at radius 3 is 2.56 bits per heavy atom. The van der Waals surface area contributed by atoms with Gasteiger partial charge in [-0.25, -0.2) is 22.3 Å². The molecule has 0 unspecified atom stereocenters. The lowest BCUT2D eigenvalue weighted by atomic mass is 10.1. The zero-order chi connectivity index (χ0) is 24.6. The van der Waals surface area contributed by atoms with Gasteiger partial charge in [0.05, 0.1) is 21.1 Å². The lowest BCUT2D eigenvalue weighted by Crippen LogP contribution is -2.33. The number of hydrogen-bond acceptors (Lipinski definition) is 6. The summed E-state index contributed by atoms with van der Waals surface area (Å²) in [7, 11) is -2.49. The van der Waals surface area contributed by atoms with E-state index in [1.165, 1.54) is 34.9 Å². The van der Waals surface area contributed by atoms with Crippen molar-refractivity contribution < 1.29 is 17.6 Å². The molecule has 13 heteroatoms. The summed E-state index contributed by atoms with van der Waals surface area (Å²) in [5.74, 6) is -0.547. The van der Waals surface area contributed by atoms with Gasteiger partial charge in [0.15, 0.2) is 0 Å². The summed E-state index contributed by atoms with van der Waals surface area (Å²) in [6.45, 7) is 0. The molecule has 0 atom stereocenters. The van der Waals surface area contributed by atoms with Gasteiger partial charge in [0, 0.05) is 23.4 Å². The number of sulfonamides is 1. The van der Waals surface area contributed by atoms with E-state index in [0.29, 0.717) is 15.5 Å². The quantitative estimate of drug-likeness (QED) is 0.300. The third kappa shape index (κ3) is 4.80. The standard InChI is InChI=1S/C21H15BrClFN4O4S2/c1-25-16-8-11-6-7-28(20(29)13(11)10-15(16)24)17-3-2-12(9-14(17)22)26-21(30)27-34(31,32)19-5-4-18(23)33-19/h2-10,25H,1H3,(H2,26,27,30). The molecule has 0 aliphatic heterocycles. The number of amides is 2. The van der Waals surface area contributed by atoms with Crippen molar-refractivity contribution in [1.29, 1.82) is 0 Å². The van der Waals surface area contributed by atoms with E-state index in [9.17, 15) is 22.4 Å².